The Labute approximate surface area is 268 Å². The van der Waals surface area contributed by atoms with Crippen LogP contribution in [0.2, 0.25) is 0 Å². The Morgan fingerprint density at radius 3 is 1.53 bits per heavy atom. The van der Waals surface area contributed by atoms with Gasteiger partial charge in [0.25, 0.3) is 0 Å². The van der Waals surface area contributed by atoms with Crippen LogP contribution in [0.15, 0.2) is 144 Å². The first-order valence-corrected chi connectivity index (χ1v) is 15.9. The molecule has 11 aromatic rings. The molecule has 0 bridgehead atoms. The molecule has 0 unspecified atom stereocenters. The average Bonchev–Trinajstić information content (AvgIpc) is 3.53. The van der Waals surface area contributed by atoms with Crippen molar-refractivity contribution in [1.29, 1.82) is 0 Å². The average molecular weight is 598 g/mol. The standard InChI is InChI=1S/C43H23N3O/c1-3-8-28-22-30(16-12-24(28)6-1)41-44-42(31-17-13-25-7-2-4-9-29(25)23-31)46-43(45-41)33-19-21-35-40-38(33)32-11-5-10-26-14-15-27-18-20-34(47-35)39(40)37(27)36(26)32/h1-23H. The van der Waals surface area contributed by atoms with Crippen molar-refractivity contribution in [1.82, 2.24) is 15.0 Å². The lowest BCUT2D eigenvalue weighted by Crippen LogP contribution is -2.01. The van der Waals surface area contributed by atoms with Crippen molar-refractivity contribution in [3.63, 3.8) is 0 Å². The zero-order chi connectivity index (χ0) is 30.6. The molecular weight excluding hydrogens is 574 g/mol. The van der Waals surface area contributed by atoms with Gasteiger partial charge in [0.1, 0.15) is 11.2 Å². The summed E-state index contributed by atoms with van der Waals surface area (Å²) in [6.45, 7) is 0. The van der Waals surface area contributed by atoms with Crippen molar-refractivity contribution < 1.29 is 4.42 Å². The lowest BCUT2D eigenvalue weighted by atomic mass is 9.87. The van der Waals surface area contributed by atoms with Gasteiger partial charge in [-0.3, -0.25) is 0 Å². The van der Waals surface area contributed by atoms with Crippen molar-refractivity contribution >= 4 is 75.8 Å². The van der Waals surface area contributed by atoms with E-state index in [0.717, 1.165) is 54.8 Å². The number of benzene rings is 9. The van der Waals surface area contributed by atoms with Gasteiger partial charge in [0, 0.05) is 38.2 Å². The first kappa shape index (κ1) is 24.9. The van der Waals surface area contributed by atoms with E-state index in [1.165, 1.54) is 37.7 Å². The van der Waals surface area contributed by atoms with E-state index in [9.17, 15) is 0 Å². The lowest BCUT2D eigenvalue weighted by molar-refractivity contribution is 0.669. The number of aromatic nitrogens is 3. The first-order chi connectivity index (χ1) is 23.3. The van der Waals surface area contributed by atoms with E-state index in [-0.39, 0.29) is 0 Å². The first-order valence-electron chi connectivity index (χ1n) is 15.9. The van der Waals surface area contributed by atoms with Crippen LogP contribution in [-0.2, 0) is 0 Å². The molecule has 0 N–H and O–H groups in total. The van der Waals surface area contributed by atoms with E-state index >= 15 is 0 Å². The van der Waals surface area contributed by atoms with Gasteiger partial charge in [-0.1, -0.05) is 109 Å². The summed E-state index contributed by atoms with van der Waals surface area (Å²) in [4.78, 5) is 15.6. The number of fused-ring (bicyclic) bond motifs is 3. The van der Waals surface area contributed by atoms with Crippen LogP contribution < -0.4 is 0 Å². The van der Waals surface area contributed by atoms with Gasteiger partial charge < -0.3 is 4.42 Å². The summed E-state index contributed by atoms with van der Waals surface area (Å²) >= 11 is 0. The molecule has 0 saturated carbocycles. The highest BCUT2D eigenvalue weighted by atomic mass is 16.3. The van der Waals surface area contributed by atoms with Crippen LogP contribution in [0.1, 0.15) is 0 Å². The Balaban J connectivity index is 1.25. The maximum absolute atomic E-state index is 6.49. The monoisotopic (exact) mass is 597 g/mol. The van der Waals surface area contributed by atoms with Crippen molar-refractivity contribution in [3.05, 3.63) is 140 Å². The topological polar surface area (TPSA) is 51.8 Å². The fraction of sp³-hybridized carbons (Fsp3) is 0. The van der Waals surface area contributed by atoms with Crippen molar-refractivity contribution in [2.75, 3.05) is 0 Å². The summed E-state index contributed by atoms with van der Waals surface area (Å²) in [5.74, 6) is 1.93. The van der Waals surface area contributed by atoms with E-state index < -0.39 is 0 Å². The summed E-state index contributed by atoms with van der Waals surface area (Å²) in [7, 11) is 0. The lowest BCUT2D eigenvalue weighted by Gasteiger charge is -2.15. The van der Waals surface area contributed by atoms with Gasteiger partial charge in [0.15, 0.2) is 17.5 Å². The summed E-state index contributed by atoms with van der Waals surface area (Å²) in [6, 6.07) is 49.1. The van der Waals surface area contributed by atoms with Gasteiger partial charge in [0.2, 0.25) is 0 Å². The molecule has 0 spiro atoms. The normalized spacial score (nSPS) is 12.3. The van der Waals surface area contributed by atoms with Crippen LogP contribution in [0.3, 0.4) is 0 Å². The highest BCUT2D eigenvalue weighted by Gasteiger charge is 2.24. The van der Waals surface area contributed by atoms with Crippen LogP contribution in [0.4, 0.5) is 0 Å². The van der Waals surface area contributed by atoms with Gasteiger partial charge in [-0.25, -0.2) is 15.0 Å². The summed E-state index contributed by atoms with van der Waals surface area (Å²) < 4.78 is 6.49. The minimum atomic E-state index is 0.640. The Morgan fingerprint density at radius 2 is 0.851 bits per heavy atom. The second kappa shape index (κ2) is 9.09. The van der Waals surface area contributed by atoms with Crippen molar-refractivity contribution in [2.24, 2.45) is 0 Å². The predicted molar refractivity (Wildman–Crippen MR) is 193 cm³/mol. The molecule has 4 nitrogen and oxygen atoms in total. The Hall–Kier alpha value is -6.39. The largest absolute Gasteiger partial charge is 0.456 e. The smallest absolute Gasteiger partial charge is 0.164 e. The number of rotatable bonds is 3. The van der Waals surface area contributed by atoms with Gasteiger partial charge >= 0.3 is 0 Å². The van der Waals surface area contributed by atoms with Gasteiger partial charge in [0.05, 0.1) is 0 Å². The van der Waals surface area contributed by atoms with E-state index in [1.807, 2.05) is 0 Å². The van der Waals surface area contributed by atoms with Crippen LogP contribution >= 0.6 is 0 Å². The molecule has 2 aromatic heterocycles. The molecular formula is C43H23N3O. The zero-order valence-electron chi connectivity index (χ0n) is 25.0. The second-order valence-corrected chi connectivity index (χ2v) is 12.4. The molecule has 4 heteroatoms. The number of hydrogen-bond donors (Lipinski definition) is 0. The molecule has 0 aliphatic carbocycles. The third kappa shape index (κ3) is 3.50. The molecule has 9 aromatic carbocycles. The van der Waals surface area contributed by atoms with Gasteiger partial charge in [-0.2, -0.15) is 0 Å². The Kier molecular flexibility index (Phi) is 4.81. The summed E-state index contributed by atoms with van der Waals surface area (Å²) in [5, 5.41) is 14.1. The van der Waals surface area contributed by atoms with Gasteiger partial charge in [-0.15, -0.1) is 0 Å². The molecule has 0 aliphatic heterocycles. The minimum Gasteiger partial charge on any atom is -0.456 e. The molecule has 0 atom stereocenters. The molecule has 47 heavy (non-hydrogen) atoms. The zero-order valence-corrected chi connectivity index (χ0v) is 25.0. The third-order valence-corrected chi connectivity index (χ3v) is 9.79. The fourth-order valence-corrected chi connectivity index (χ4v) is 7.63. The van der Waals surface area contributed by atoms with E-state index in [1.54, 1.807) is 0 Å². The van der Waals surface area contributed by atoms with Gasteiger partial charge in [-0.05, 0) is 73.4 Å². The number of nitrogens with zero attached hydrogens (tertiary/aromatic N) is 3. The molecule has 0 saturated heterocycles. The van der Waals surface area contributed by atoms with Crippen LogP contribution in [0.5, 0.6) is 0 Å². The minimum absolute atomic E-state index is 0.640. The van der Waals surface area contributed by atoms with Crippen LogP contribution in [0, 0.1) is 0 Å². The van der Waals surface area contributed by atoms with Crippen molar-refractivity contribution in [2.45, 2.75) is 0 Å². The Bertz CT molecular complexity index is 2930. The van der Waals surface area contributed by atoms with Crippen LogP contribution in [0.25, 0.3) is 110 Å². The number of furan rings is 1. The molecule has 11 rings (SSSR count). The predicted octanol–water partition coefficient (Wildman–Crippen LogP) is 11.4. The Morgan fingerprint density at radius 1 is 0.340 bits per heavy atom. The second-order valence-electron chi connectivity index (χ2n) is 12.4. The molecule has 0 radical (unpaired) electrons. The van der Waals surface area contributed by atoms with Crippen LogP contribution in [-0.4, -0.2) is 15.0 Å². The summed E-state index contributed by atoms with van der Waals surface area (Å²) in [6.07, 6.45) is 0. The number of hydrogen-bond acceptors (Lipinski definition) is 4. The van der Waals surface area contributed by atoms with E-state index in [2.05, 4.69) is 140 Å². The van der Waals surface area contributed by atoms with E-state index in [4.69, 9.17) is 19.4 Å². The molecule has 216 valence electrons. The maximum atomic E-state index is 6.49. The highest BCUT2D eigenvalue weighted by molar-refractivity contribution is 6.40. The quantitative estimate of drug-likeness (QED) is 0.150. The fourth-order valence-electron chi connectivity index (χ4n) is 7.63. The third-order valence-electron chi connectivity index (χ3n) is 9.79. The van der Waals surface area contributed by atoms with E-state index in [0.29, 0.717) is 17.5 Å². The highest BCUT2D eigenvalue weighted by Crippen LogP contribution is 2.48. The molecule has 0 fully saturated rings. The maximum Gasteiger partial charge on any atom is 0.164 e. The van der Waals surface area contributed by atoms with Crippen molar-refractivity contribution in [3.8, 4) is 34.2 Å². The molecule has 2 heterocycles. The molecule has 0 amide bonds. The molecule has 0 aliphatic rings. The SMILES string of the molecule is c1ccc2cc(-c3nc(-c4ccc5ccccc5c4)nc(-c4ccc5oc6ccc7ccc8cccc9c4c5c6c7c89)n3)ccc2c1. The summed E-state index contributed by atoms with van der Waals surface area (Å²) in [5.41, 5.74) is 4.64.